The molecule has 0 spiro atoms. The smallest absolute Gasteiger partial charge is 0.414 e. The first-order chi connectivity index (χ1) is 9.72. The van der Waals surface area contributed by atoms with Crippen LogP contribution in [0.5, 0.6) is 0 Å². The van der Waals surface area contributed by atoms with E-state index in [0.29, 0.717) is 23.3 Å². The minimum atomic E-state index is -3.23. The van der Waals surface area contributed by atoms with Crippen molar-refractivity contribution in [3.8, 4) is 0 Å². The van der Waals surface area contributed by atoms with Crippen LogP contribution >= 0.6 is 0 Å². The van der Waals surface area contributed by atoms with Crippen molar-refractivity contribution in [2.75, 3.05) is 6.54 Å². The molecule has 1 aromatic carbocycles. The van der Waals surface area contributed by atoms with Gasteiger partial charge in [-0.25, -0.2) is 9.69 Å². The molecule has 0 N–H and O–H groups in total. The van der Waals surface area contributed by atoms with Crippen molar-refractivity contribution < 1.29 is 18.3 Å². The van der Waals surface area contributed by atoms with E-state index < -0.39 is 23.7 Å². The molecule has 0 aromatic heterocycles. The summed E-state index contributed by atoms with van der Waals surface area (Å²) < 4.78 is 34.4. The number of hydrogen-bond donors (Lipinski definition) is 0. The maximum absolute atomic E-state index is 14.7. The molecule has 5 heteroatoms. The average molecular weight is 297 g/mol. The summed E-state index contributed by atoms with van der Waals surface area (Å²) in [5, 5.41) is 0. The van der Waals surface area contributed by atoms with Crippen LogP contribution in [0.15, 0.2) is 30.3 Å². The third-order valence-electron chi connectivity index (χ3n) is 3.47. The Labute approximate surface area is 123 Å². The minimum absolute atomic E-state index is 0.0191. The lowest BCUT2D eigenvalue weighted by molar-refractivity contribution is -0.172. The SMILES string of the molecule is CC(C)(C)OC(=O)N1CCCC(c2ccccc2)C1(F)F. The van der Waals surface area contributed by atoms with Crippen molar-refractivity contribution in [1.29, 1.82) is 0 Å². The fourth-order valence-electron chi connectivity index (χ4n) is 2.55. The molecule has 0 radical (unpaired) electrons. The Bertz CT molecular complexity index is 497. The summed E-state index contributed by atoms with van der Waals surface area (Å²) in [4.78, 5) is 12.6. The lowest BCUT2D eigenvalue weighted by Crippen LogP contribution is -2.54. The summed E-state index contributed by atoms with van der Waals surface area (Å²) >= 11 is 0. The maximum atomic E-state index is 14.7. The third kappa shape index (κ3) is 3.52. The molecule has 1 aromatic rings. The standard InChI is InChI=1S/C16H21F2NO2/c1-15(2,3)21-14(20)19-11-7-10-13(16(19,17)18)12-8-5-4-6-9-12/h4-6,8-9,13H,7,10-11H2,1-3H3. The fraction of sp³-hybridized carbons (Fsp3) is 0.562. The highest BCUT2D eigenvalue weighted by Crippen LogP contribution is 2.43. The second-order valence-electron chi connectivity index (χ2n) is 6.33. The number of likely N-dealkylation sites (tertiary alicyclic amines) is 1. The summed E-state index contributed by atoms with van der Waals surface area (Å²) in [6.45, 7) is 5.02. The van der Waals surface area contributed by atoms with Crippen molar-refractivity contribution in [3.05, 3.63) is 35.9 Å². The van der Waals surface area contributed by atoms with Crippen molar-refractivity contribution in [2.24, 2.45) is 0 Å². The van der Waals surface area contributed by atoms with Gasteiger partial charge in [0.2, 0.25) is 0 Å². The van der Waals surface area contributed by atoms with Gasteiger partial charge in [0.25, 0.3) is 0 Å². The molecule has 1 fully saturated rings. The van der Waals surface area contributed by atoms with Crippen LogP contribution in [0.1, 0.15) is 45.1 Å². The highest BCUT2D eigenvalue weighted by atomic mass is 19.3. The Morgan fingerprint density at radius 2 is 1.90 bits per heavy atom. The van der Waals surface area contributed by atoms with Gasteiger partial charge in [0, 0.05) is 6.54 Å². The molecular weight excluding hydrogens is 276 g/mol. The molecule has 1 heterocycles. The fourth-order valence-corrected chi connectivity index (χ4v) is 2.55. The first kappa shape index (κ1) is 15.7. The van der Waals surface area contributed by atoms with Gasteiger partial charge in [-0.3, -0.25) is 0 Å². The zero-order chi connectivity index (χ0) is 15.7. The highest BCUT2D eigenvalue weighted by molar-refractivity contribution is 5.69. The van der Waals surface area contributed by atoms with Gasteiger partial charge < -0.3 is 4.74 Å². The lowest BCUT2D eigenvalue weighted by Gasteiger charge is -2.41. The molecule has 1 aliphatic heterocycles. The van der Waals surface area contributed by atoms with Gasteiger partial charge in [0.15, 0.2) is 0 Å². The summed E-state index contributed by atoms with van der Waals surface area (Å²) in [6, 6.07) is 5.38. The zero-order valence-corrected chi connectivity index (χ0v) is 12.6. The number of carbonyl (C=O) groups is 1. The number of piperidine rings is 1. The molecular formula is C16H21F2NO2. The van der Waals surface area contributed by atoms with Crippen molar-refractivity contribution in [1.82, 2.24) is 4.90 Å². The molecule has 2 rings (SSSR count). The Balaban J connectivity index is 2.23. The van der Waals surface area contributed by atoms with Crippen LogP contribution in [-0.4, -0.2) is 29.2 Å². The molecule has 1 aliphatic rings. The van der Waals surface area contributed by atoms with Crippen LogP contribution in [0, 0.1) is 0 Å². The average Bonchev–Trinajstić information content (AvgIpc) is 2.36. The van der Waals surface area contributed by atoms with Gasteiger partial charge >= 0.3 is 12.1 Å². The van der Waals surface area contributed by atoms with Crippen LogP contribution in [0.25, 0.3) is 0 Å². The summed E-state index contributed by atoms with van der Waals surface area (Å²) in [5.74, 6) is -0.986. The molecule has 0 saturated carbocycles. The Hall–Kier alpha value is -1.65. The van der Waals surface area contributed by atoms with Crippen LogP contribution in [0.3, 0.4) is 0 Å². The topological polar surface area (TPSA) is 29.5 Å². The number of ether oxygens (including phenoxy) is 1. The largest absolute Gasteiger partial charge is 0.444 e. The molecule has 116 valence electrons. The number of amides is 1. The minimum Gasteiger partial charge on any atom is -0.444 e. The van der Waals surface area contributed by atoms with Gasteiger partial charge in [-0.05, 0) is 39.2 Å². The predicted molar refractivity (Wildman–Crippen MR) is 76.3 cm³/mol. The second kappa shape index (κ2) is 5.62. The van der Waals surface area contributed by atoms with Gasteiger partial charge in [-0.2, -0.15) is 8.78 Å². The zero-order valence-electron chi connectivity index (χ0n) is 12.6. The quantitative estimate of drug-likeness (QED) is 0.719. The number of alkyl halides is 2. The van der Waals surface area contributed by atoms with E-state index in [1.54, 1.807) is 51.1 Å². The number of rotatable bonds is 1. The number of carbonyl (C=O) groups excluding carboxylic acids is 1. The molecule has 1 unspecified atom stereocenters. The first-order valence-electron chi connectivity index (χ1n) is 7.15. The molecule has 1 saturated heterocycles. The molecule has 0 aliphatic carbocycles. The van der Waals surface area contributed by atoms with E-state index in [0.717, 1.165) is 0 Å². The van der Waals surface area contributed by atoms with Gasteiger partial charge in [0.05, 0.1) is 5.92 Å². The van der Waals surface area contributed by atoms with Crippen molar-refractivity contribution >= 4 is 6.09 Å². The second-order valence-corrected chi connectivity index (χ2v) is 6.33. The van der Waals surface area contributed by atoms with Crippen LogP contribution in [0.4, 0.5) is 13.6 Å². The van der Waals surface area contributed by atoms with Crippen LogP contribution in [-0.2, 0) is 4.74 Å². The normalized spacial score (nSPS) is 22.0. The van der Waals surface area contributed by atoms with Crippen molar-refractivity contribution in [3.63, 3.8) is 0 Å². The Kier molecular flexibility index (Phi) is 4.21. The van der Waals surface area contributed by atoms with Gasteiger partial charge in [-0.15, -0.1) is 0 Å². The van der Waals surface area contributed by atoms with Crippen LogP contribution < -0.4 is 0 Å². The van der Waals surface area contributed by atoms with E-state index in [1.807, 2.05) is 0 Å². The van der Waals surface area contributed by atoms with E-state index >= 15 is 0 Å². The van der Waals surface area contributed by atoms with Crippen LogP contribution in [0.2, 0.25) is 0 Å². The van der Waals surface area contributed by atoms with E-state index in [-0.39, 0.29) is 6.54 Å². The molecule has 21 heavy (non-hydrogen) atoms. The molecule has 1 atom stereocenters. The number of nitrogens with zero attached hydrogens (tertiary/aromatic N) is 1. The highest BCUT2D eigenvalue weighted by Gasteiger charge is 2.51. The summed E-state index contributed by atoms with van der Waals surface area (Å²) in [5.41, 5.74) is -0.233. The Morgan fingerprint density at radius 3 is 2.48 bits per heavy atom. The van der Waals surface area contributed by atoms with Gasteiger partial charge in [0.1, 0.15) is 5.60 Å². The Morgan fingerprint density at radius 1 is 1.29 bits per heavy atom. The number of hydrogen-bond acceptors (Lipinski definition) is 2. The lowest BCUT2D eigenvalue weighted by atomic mass is 9.88. The maximum Gasteiger partial charge on any atom is 0.414 e. The molecule has 1 amide bonds. The third-order valence-corrected chi connectivity index (χ3v) is 3.47. The monoisotopic (exact) mass is 297 g/mol. The van der Waals surface area contributed by atoms with Gasteiger partial charge in [-0.1, -0.05) is 30.3 Å². The van der Waals surface area contributed by atoms with Crippen molar-refractivity contribution in [2.45, 2.75) is 51.2 Å². The summed E-state index contributed by atoms with van der Waals surface area (Å²) in [7, 11) is 0. The van der Waals surface area contributed by atoms with E-state index in [1.165, 1.54) is 0 Å². The van der Waals surface area contributed by atoms with E-state index in [2.05, 4.69) is 0 Å². The first-order valence-corrected chi connectivity index (χ1v) is 7.15. The number of halogens is 2. The van der Waals surface area contributed by atoms with E-state index in [9.17, 15) is 13.6 Å². The molecule has 3 nitrogen and oxygen atoms in total. The van der Waals surface area contributed by atoms with E-state index in [4.69, 9.17) is 4.74 Å². The molecule has 0 bridgehead atoms. The summed E-state index contributed by atoms with van der Waals surface area (Å²) in [6.07, 6.45) is -0.0572. The predicted octanol–water partition coefficient (Wildman–Crippen LogP) is 4.39. The number of benzene rings is 1.